The molecule has 0 bridgehead atoms. The van der Waals surface area contributed by atoms with E-state index in [1.165, 1.54) is 5.56 Å². The molecule has 0 saturated heterocycles. The summed E-state index contributed by atoms with van der Waals surface area (Å²) >= 11 is 1.68. The molecule has 0 unspecified atom stereocenters. The minimum atomic E-state index is 0.303. The van der Waals surface area contributed by atoms with E-state index in [0.717, 1.165) is 5.56 Å². The van der Waals surface area contributed by atoms with Crippen molar-refractivity contribution in [2.45, 2.75) is 0 Å². The Morgan fingerprint density at radius 3 is 2.64 bits per heavy atom. The summed E-state index contributed by atoms with van der Waals surface area (Å²) in [4.78, 5) is 0. The van der Waals surface area contributed by atoms with Crippen LogP contribution in [0.3, 0.4) is 0 Å². The van der Waals surface area contributed by atoms with Gasteiger partial charge >= 0.3 is 0 Å². The van der Waals surface area contributed by atoms with E-state index in [-0.39, 0.29) is 0 Å². The number of hydrogen-bond acceptors (Lipinski definition) is 2. The number of phenols is 1. The molecule has 0 aliphatic heterocycles. The summed E-state index contributed by atoms with van der Waals surface area (Å²) in [6, 6.07) is 9.26. The van der Waals surface area contributed by atoms with Crippen molar-refractivity contribution in [2.24, 2.45) is 0 Å². The van der Waals surface area contributed by atoms with Crippen LogP contribution in [-0.2, 0) is 0 Å². The molecule has 0 radical (unpaired) electrons. The lowest BCUT2D eigenvalue weighted by atomic mass is 10.2. The van der Waals surface area contributed by atoms with Gasteiger partial charge in [0.15, 0.2) is 0 Å². The highest BCUT2D eigenvalue weighted by molar-refractivity contribution is 7.08. The standard InChI is InChI=1S/C12H10OS/c13-12-3-1-2-10(8-12)4-5-11-6-7-14-9-11/h1-9,13H/b5-4+. The Bertz CT molecular complexity index is 429. The van der Waals surface area contributed by atoms with E-state index >= 15 is 0 Å². The van der Waals surface area contributed by atoms with E-state index in [1.807, 2.05) is 29.7 Å². The van der Waals surface area contributed by atoms with Crippen molar-refractivity contribution in [3.05, 3.63) is 52.2 Å². The van der Waals surface area contributed by atoms with Crippen LogP contribution < -0.4 is 0 Å². The maximum Gasteiger partial charge on any atom is 0.116 e. The highest BCUT2D eigenvalue weighted by Crippen LogP contribution is 2.15. The van der Waals surface area contributed by atoms with E-state index in [2.05, 4.69) is 11.4 Å². The zero-order valence-electron chi connectivity index (χ0n) is 7.55. The molecule has 0 aliphatic carbocycles. The van der Waals surface area contributed by atoms with E-state index < -0.39 is 0 Å². The van der Waals surface area contributed by atoms with Gasteiger partial charge in [-0.1, -0.05) is 24.3 Å². The van der Waals surface area contributed by atoms with Gasteiger partial charge in [0.25, 0.3) is 0 Å². The van der Waals surface area contributed by atoms with Crippen molar-refractivity contribution in [1.82, 2.24) is 0 Å². The topological polar surface area (TPSA) is 20.2 Å². The third kappa shape index (κ3) is 2.24. The van der Waals surface area contributed by atoms with Crippen molar-refractivity contribution in [1.29, 1.82) is 0 Å². The normalized spacial score (nSPS) is 10.9. The molecule has 1 aromatic heterocycles. The Hall–Kier alpha value is -1.54. The highest BCUT2D eigenvalue weighted by Gasteiger charge is 1.89. The Balaban J connectivity index is 2.18. The van der Waals surface area contributed by atoms with Crippen LogP contribution in [0.4, 0.5) is 0 Å². The molecule has 70 valence electrons. The summed E-state index contributed by atoms with van der Waals surface area (Å²) in [6.45, 7) is 0. The second-order valence-electron chi connectivity index (χ2n) is 2.99. The fourth-order valence-corrected chi connectivity index (χ4v) is 1.82. The molecule has 0 atom stereocenters. The third-order valence-electron chi connectivity index (χ3n) is 1.88. The van der Waals surface area contributed by atoms with Crippen molar-refractivity contribution >= 4 is 23.5 Å². The maximum absolute atomic E-state index is 9.24. The molecule has 0 amide bonds. The first-order valence-electron chi connectivity index (χ1n) is 4.34. The van der Waals surface area contributed by atoms with E-state index in [1.54, 1.807) is 23.5 Å². The SMILES string of the molecule is Oc1cccc(/C=C/c2ccsc2)c1. The monoisotopic (exact) mass is 202 g/mol. The molecule has 0 fully saturated rings. The molecule has 1 nitrogen and oxygen atoms in total. The molecule has 0 aliphatic rings. The molecule has 0 spiro atoms. The summed E-state index contributed by atoms with van der Waals surface area (Å²) in [7, 11) is 0. The van der Waals surface area contributed by atoms with Crippen LogP contribution in [0, 0.1) is 0 Å². The van der Waals surface area contributed by atoms with Crippen LogP contribution in [0.25, 0.3) is 12.2 Å². The maximum atomic E-state index is 9.24. The van der Waals surface area contributed by atoms with Gasteiger partial charge in [-0.15, -0.1) is 0 Å². The highest BCUT2D eigenvalue weighted by atomic mass is 32.1. The van der Waals surface area contributed by atoms with Gasteiger partial charge < -0.3 is 5.11 Å². The quantitative estimate of drug-likeness (QED) is 0.788. The van der Waals surface area contributed by atoms with E-state index in [0.29, 0.717) is 5.75 Å². The van der Waals surface area contributed by atoms with Gasteiger partial charge in [-0.05, 0) is 40.1 Å². The first-order valence-corrected chi connectivity index (χ1v) is 5.28. The molecule has 14 heavy (non-hydrogen) atoms. The van der Waals surface area contributed by atoms with Gasteiger partial charge in [-0.2, -0.15) is 11.3 Å². The molecule has 0 saturated carbocycles. The average molecular weight is 202 g/mol. The lowest BCUT2D eigenvalue weighted by Gasteiger charge is -1.93. The lowest BCUT2D eigenvalue weighted by molar-refractivity contribution is 0.475. The van der Waals surface area contributed by atoms with Gasteiger partial charge in [-0.25, -0.2) is 0 Å². The fourth-order valence-electron chi connectivity index (χ4n) is 1.19. The largest absolute Gasteiger partial charge is 0.508 e. The van der Waals surface area contributed by atoms with E-state index in [4.69, 9.17) is 0 Å². The van der Waals surface area contributed by atoms with E-state index in [9.17, 15) is 5.11 Å². The zero-order chi connectivity index (χ0) is 9.80. The molecular formula is C12H10OS. The van der Waals surface area contributed by atoms with Gasteiger partial charge in [-0.3, -0.25) is 0 Å². The Labute approximate surface area is 87.0 Å². The number of benzene rings is 1. The Morgan fingerprint density at radius 1 is 1.07 bits per heavy atom. The van der Waals surface area contributed by atoms with Crippen LogP contribution >= 0.6 is 11.3 Å². The Morgan fingerprint density at radius 2 is 1.93 bits per heavy atom. The van der Waals surface area contributed by atoms with Crippen molar-refractivity contribution in [3.8, 4) is 5.75 Å². The van der Waals surface area contributed by atoms with Gasteiger partial charge in [0.2, 0.25) is 0 Å². The molecule has 1 N–H and O–H groups in total. The first-order chi connectivity index (χ1) is 6.84. The first kappa shape index (κ1) is 9.03. The molecule has 1 aromatic carbocycles. The van der Waals surface area contributed by atoms with Crippen LogP contribution in [0.2, 0.25) is 0 Å². The predicted octanol–water partition coefficient (Wildman–Crippen LogP) is 3.62. The predicted molar refractivity (Wildman–Crippen MR) is 61.4 cm³/mol. The molecule has 2 heteroatoms. The van der Waals surface area contributed by atoms with Crippen molar-refractivity contribution in [2.75, 3.05) is 0 Å². The number of aromatic hydroxyl groups is 1. The second kappa shape index (κ2) is 4.11. The number of hydrogen-bond donors (Lipinski definition) is 1. The minimum absolute atomic E-state index is 0.303. The summed E-state index contributed by atoms with van der Waals surface area (Å²) in [5.41, 5.74) is 2.20. The van der Waals surface area contributed by atoms with Crippen LogP contribution in [0.1, 0.15) is 11.1 Å². The number of thiophene rings is 1. The number of rotatable bonds is 2. The molecule has 2 aromatic rings. The number of phenolic OH excluding ortho intramolecular Hbond substituents is 1. The minimum Gasteiger partial charge on any atom is -0.508 e. The summed E-state index contributed by atoms with van der Waals surface area (Å²) in [5, 5.41) is 13.4. The third-order valence-corrected chi connectivity index (χ3v) is 2.58. The lowest BCUT2D eigenvalue weighted by Crippen LogP contribution is -1.70. The van der Waals surface area contributed by atoms with Crippen LogP contribution in [0.15, 0.2) is 41.1 Å². The Kier molecular flexibility index (Phi) is 2.65. The molecule has 1 heterocycles. The zero-order valence-corrected chi connectivity index (χ0v) is 8.37. The van der Waals surface area contributed by atoms with Crippen LogP contribution in [0.5, 0.6) is 5.75 Å². The van der Waals surface area contributed by atoms with Crippen molar-refractivity contribution < 1.29 is 5.11 Å². The molecule has 2 rings (SSSR count). The van der Waals surface area contributed by atoms with Gasteiger partial charge in [0.05, 0.1) is 0 Å². The molecular weight excluding hydrogens is 192 g/mol. The van der Waals surface area contributed by atoms with Gasteiger partial charge in [0, 0.05) is 0 Å². The summed E-state index contributed by atoms with van der Waals surface area (Å²) in [6.07, 6.45) is 4.02. The average Bonchev–Trinajstić information content (AvgIpc) is 2.67. The summed E-state index contributed by atoms with van der Waals surface area (Å²) < 4.78 is 0. The smallest absolute Gasteiger partial charge is 0.116 e. The second-order valence-corrected chi connectivity index (χ2v) is 3.77. The van der Waals surface area contributed by atoms with Crippen molar-refractivity contribution in [3.63, 3.8) is 0 Å². The summed E-state index contributed by atoms with van der Waals surface area (Å²) in [5.74, 6) is 0.303. The van der Waals surface area contributed by atoms with Gasteiger partial charge in [0.1, 0.15) is 5.75 Å². The fraction of sp³-hybridized carbons (Fsp3) is 0. The van der Waals surface area contributed by atoms with Crippen LogP contribution in [-0.4, -0.2) is 5.11 Å².